The van der Waals surface area contributed by atoms with Gasteiger partial charge in [-0.25, -0.2) is 23.4 Å². The SMILES string of the molecule is CC(=O)Cc1ccc2c(c1)nc(C)n2-c1ccccc1.Cc1c(Cl)cccc1S(=O)(=O)Cc1ccc2c(c1)nc(C)n2-c1ccccc1.Cc1nc2cc(N)ccc2n1-c1ccccc1.Nc1ccc(Nc2ccccc2)c(N)c1.O=[N+]([O-])c1ccc(Nc2ccccc2)c([N+](=O)[O-])c1. The van der Waals surface area contributed by atoms with E-state index in [1.54, 1.807) is 62.4 Å². The van der Waals surface area contributed by atoms with Crippen molar-refractivity contribution in [3.05, 3.63) is 320 Å². The van der Waals surface area contributed by atoms with Gasteiger partial charge in [0.1, 0.15) is 28.9 Å². The zero-order valence-corrected chi connectivity index (χ0v) is 56.3. The topological polar surface area (TPSA) is 293 Å². The normalized spacial score (nSPS) is 10.8. The number of carbonyl (C=O) groups is 1. The number of hydrogen-bond acceptors (Lipinski definition) is 15. The van der Waals surface area contributed by atoms with E-state index in [9.17, 15) is 33.4 Å². The molecule has 3 heterocycles. The standard InChI is InChI=1S/C22H19ClN2O2S.C17H16N2O.C14H13N3.C12H9N3O4.C12H13N3/c1-15-19(23)9-6-10-22(15)28(26,27)14-17-11-12-21-20(13-17)24-16(2)25(21)18-7-4-3-5-8-18;1-12(20)10-14-8-9-17-16(11-14)18-13(2)19(17)15-6-4-3-5-7-15;1-10-16-13-9-11(15)7-8-14(13)17(10)12-5-3-2-4-6-12;16-14(17)10-6-7-11(12(8-10)15(18)19)13-9-4-2-1-3-5-9;13-9-6-7-12(11(14)8-9)15-10-4-2-1-3-5-10/h3-13H,14H2,1-2H3;3-9,11H,10H2,1-2H3;2-9H,15H2,1H3;1-8,13H;1-8,15H,13-14H2. The van der Waals surface area contributed by atoms with Gasteiger partial charge in [0.05, 0.1) is 71.0 Å². The number of nitro benzene ring substituents is 2. The lowest BCUT2D eigenvalue weighted by Crippen LogP contribution is -2.07. The summed E-state index contributed by atoms with van der Waals surface area (Å²) < 4.78 is 32.2. The minimum atomic E-state index is -3.51. The van der Waals surface area contributed by atoms with Crippen molar-refractivity contribution in [2.45, 2.75) is 51.7 Å². The van der Waals surface area contributed by atoms with Crippen LogP contribution in [0.3, 0.4) is 0 Å². The van der Waals surface area contributed by atoms with E-state index in [1.807, 2.05) is 191 Å². The van der Waals surface area contributed by atoms with Crippen molar-refractivity contribution < 1.29 is 23.1 Å². The first-order chi connectivity index (χ1) is 47.6. The molecule has 8 N–H and O–H groups in total. The zero-order valence-electron chi connectivity index (χ0n) is 54.7. The summed E-state index contributed by atoms with van der Waals surface area (Å²) in [6, 6.07) is 80.4. The third kappa shape index (κ3) is 17.3. The van der Waals surface area contributed by atoms with Crippen LogP contribution in [0.2, 0.25) is 5.02 Å². The quantitative estimate of drug-likeness (QED) is 0.0384. The Labute approximate surface area is 576 Å². The summed E-state index contributed by atoms with van der Waals surface area (Å²) in [4.78, 5) is 45.5. The minimum Gasteiger partial charge on any atom is -0.399 e. The number of aryl methyl sites for hydroxylation is 3. The summed E-state index contributed by atoms with van der Waals surface area (Å²) in [5, 5.41) is 28.1. The van der Waals surface area contributed by atoms with Crippen LogP contribution in [-0.4, -0.2) is 52.7 Å². The van der Waals surface area contributed by atoms with E-state index in [4.69, 9.17) is 28.8 Å². The number of non-ortho nitro benzene ring substituents is 1. The molecule has 0 aliphatic rings. The number of rotatable bonds is 14. The highest BCUT2D eigenvalue weighted by molar-refractivity contribution is 7.90. The maximum Gasteiger partial charge on any atom is 0.299 e. The smallest absolute Gasteiger partial charge is 0.299 e. The van der Waals surface area contributed by atoms with Crippen molar-refractivity contribution in [2.75, 3.05) is 27.8 Å². The van der Waals surface area contributed by atoms with Gasteiger partial charge >= 0.3 is 0 Å². The number of Topliss-reactive ketones (excluding diaryl/α,β-unsaturated/α-hetero) is 1. The summed E-state index contributed by atoms with van der Waals surface area (Å²) in [6.45, 7) is 9.28. The first-order valence-corrected chi connectivity index (χ1v) is 33.2. The molecule has 0 aliphatic carbocycles. The van der Waals surface area contributed by atoms with Crippen LogP contribution in [-0.2, 0) is 26.8 Å². The minimum absolute atomic E-state index is 0.0959. The monoisotopic (exact) mass is 1360 g/mol. The molecule has 0 unspecified atom stereocenters. The van der Waals surface area contributed by atoms with Crippen molar-refractivity contribution in [3.8, 4) is 17.1 Å². The number of ketones is 1. The number of nitrogens with zero attached hydrogens (tertiary/aromatic N) is 8. The third-order valence-electron chi connectivity index (χ3n) is 15.6. The van der Waals surface area contributed by atoms with Gasteiger partial charge < -0.3 is 27.8 Å². The molecule has 99 heavy (non-hydrogen) atoms. The highest BCUT2D eigenvalue weighted by Crippen LogP contribution is 2.33. The molecule has 0 fully saturated rings. The largest absolute Gasteiger partial charge is 0.399 e. The molecule has 0 saturated heterocycles. The lowest BCUT2D eigenvalue weighted by atomic mass is 10.1. The molecule has 0 atom stereocenters. The number of carbonyl (C=O) groups excluding carboxylic acids is 1. The Morgan fingerprint density at radius 3 is 1.35 bits per heavy atom. The molecule has 0 aliphatic heterocycles. The highest BCUT2D eigenvalue weighted by Gasteiger charge is 2.22. The second kappa shape index (κ2) is 31.4. The number of halogens is 1. The van der Waals surface area contributed by atoms with E-state index in [0.29, 0.717) is 39.6 Å². The van der Waals surface area contributed by atoms with Crippen molar-refractivity contribution in [1.82, 2.24) is 28.7 Å². The molecule has 3 aromatic heterocycles. The number of nitrogen functional groups attached to an aromatic ring is 3. The maximum absolute atomic E-state index is 12.9. The van der Waals surface area contributed by atoms with Gasteiger partial charge in [-0.3, -0.25) is 38.7 Å². The second-order valence-corrected chi connectivity index (χ2v) is 25.3. The maximum atomic E-state index is 12.9. The molecule has 0 amide bonds. The van der Waals surface area contributed by atoms with E-state index < -0.39 is 19.7 Å². The fourth-order valence-electron chi connectivity index (χ4n) is 11.1. The Bertz CT molecular complexity index is 5310. The molecule has 0 saturated carbocycles. The number of nitro groups is 2. The fourth-order valence-corrected chi connectivity index (χ4v) is 12.9. The van der Waals surface area contributed by atoms with Gasteiger partial charge in [-0.2, -0.15) is 0 Å². The molecule has 0 spiro atoms. The number of anilines is 7. The molecular formula is C77H70ClN13O7S. The Morgan fingerprint density at radius 1 is 0.475 bits per heavy atom. The highest BCUT2D eigenvalue weighted by atomic mass is 35.5. The zero-order chi connectivity index (χ0) is 70.3. The molecule has 14 rings (SSSR count). The predicted molar refractivity (Wildman–Crippen MR) is 398 cm³/mol. The molecular weight excluding hydrogens is 1290 g/mol. The number of nitrogens with two attached hydrogens (primary N) is 3. The molecule has 20 nitrogen and oxygen atoms in total. The fraction of sp³-hybridized carbons (Fsp3) is 0.0909. The van der Waals surface area contributed by atoms with Gasteiger partial charge in [0.15, 0.2) is 9.84 Å². The average molecular weight is 1360 g/mol. The lowest BCUT2D eigenvalue weighted by Gasteiger charge is -2.10. The molecule has 0 radical (unpaired) electrons. The van der Waals surface area contributed by atoms with Crippen LogP contribution >= 0.6 is 11.6 Å². The number of nitrogens with one attached hydrogen (secondary N) is 2. The Balaban J connectivity index is 0.000000136. The average Bonchev–Trinajstić information content (AvgIpc) is 1.56. The van der Waals surface area contributed by atoms with E-state index in [2.05, 4.69) is 63.6 Å². The Morgan fingerprint density at radius 2 is 0.889 bits per heavy atom. The third-order valence-corrected chi connectivity index (χ3v) is 17.8. The van der Waals surface area contributed by atoms with Crippen molar-refractivity contribution in [3.63, 3.8) is 0 Å². The second-order valence-electron chi connectivity index (χ2n) is 22.9. The number of sulfone groups is 1. The first kappa shape index (κ1) is 69.4. The molecule has 11 aromatic carbocycles. The van der Waals surface area contributed by atoms with E-state index in [-0.39, 0.29) is 33.5 Å². The van der Waals surface area contributed by atoms with Crippen LogP contribution in [0.1, 0.15) is 41.1 Å². The first-order valence-electron chi connectivity index (χ1n) is 31.2. The van der Waals surface area contributed by atoms with E-state index in [1.165, 1.54) is 12.1 Å². The van der Waals surface area contributed by atoms with Crippen LogP contribution in [0, 0.1) is 47.9 Å². The number of benzene rings is 11. The number of aromatic nitrogens is 6. The van der Waals surface area contributed by atoms with Crippen LogP contribution < -0.4 is 27.8 Å². The van der Waals surface area contributed by atoms with Crippen LogP contribution in [0.15, 0.2) is 266 Å². The Kier molecular flexibility index (Phi) is 22.0. The van der Waals surface area contributed by atoms with Gasteiger partial charge in [-0.05, 0) is 191 Å². The summed E-state index contributed by atoms with van der Waals surface area (Å²) in [7, 11) is -3.51. The molecule has 14 aromatic rings. The summed E-state index contributed by atoms with van der Waals surface area (Å²) >= 11 is 6.10. The Hall–Kier alpha value is -12.5. The van der Waals surface area contributed by atoms with Crippen molar-refractivity contribution in [1.29, 1.82) is 0 Å². The van der Waals surface area contributed by atoms with Crippen LogP contribution in [0.5, 0.6) is 0 Å². The van der Waals surface area contributed by atoms with Gasteiger partial charge in [0.25, 0.3) is 11.4 Å². The summed E-state index contributed by atoms with van der Waals surface area (Å²) in [5.74, 6) is 2.85. The van der Waals surface area contributed by atoms with Crippen molar-refractivity contribution in [2.24, 2.45) is 0 Å². The van der Waals surface area contributed by atoms with Crippen molar-refractivity contribution >= 4 is 112 Å². The number of imidazole rings is 3. The predicted octanol–water partition coefficient (Wildman–Crippen LogP) is 17.5. The molecule has 498 valence electrons. The summed E-state index contributed by atoms with van der Waals surface area (Å²) in [5.41, 5.74) is 32.7. The number of para-hydroxylation sites is 5. The molecule has 22 heteroatoms. The van der Waals surface area contributed by atoms with Gasteiger partial charge in [-0.1, -0.05) is 121 Å². The van der Waals surface area contributed by atoms with E-state index >= 15 is 0 Å². The number of hydrogen-bond donors (Lipinski definition) is 5. The van der Waals surface area contributed by atoms with E-state index in [0.717, 1.165) is 96.3 Å². The summed E-state index contributed by atoms with van der Waals surface area (Å²) in [6.07, 6.45) is 0.465. The van der Waals surface area contributed by atoms with Gasteiger partial charge in [0.2, 0.25) is 0 Å². The number of fused-ring (bicyclic) bond motifs is 3. The lowest BCUT2D eigenvalue weighted by molar-refractivity contribution is -0.393. The van der Waals surface area contributed by atoms with Crippen LogP contribution in [0.25, 0.3) is 50.2 Å². The van der Waals surface area contributed by atoms with Gasteiger partial charge in [0, 0.05) is 57.3 Å². The van der Waals surface area contributed by atoms with Crippen LogP contribution in [0.4, 0.5) is 51.2 Å². The van der Waals surface area contributed by atoms with Gasteiger partial charge in [-0.15, -0.1) is 0 Å². The molecule has 0 bridgehead atoms.